The number of carbonyl (C=O) groups is 3. The first-order chi connectivity index (χ1) is 17.2. The van der Waals surface area contributed by atoms with E-state index in [0.29, 0.717) is 22.7 Å². The van der Waals surface area contributed by atoms with Crippen LogP contribution in [-0.2, 0) is 14.4 Å². The molecule has 0 fully saturated rings. The van der Waals surface area contributed by atoms with E-state index in [1.54, 1.807) is 42.5 Å². The smallest absolute Gasteiger partial charge is 0.329 e. The highest BCUT2D eigenvalue weighted by Crippen LogP contribution is 2.22. The molecule has 0 saturated heterocycles. The van der Waals surface area contributed by atoms with Gasteiger partial charge in [0.15, 0.2) is 6.61 Å². The average molecular weight is 553 g/mol. The Morgan fingerprint density at radius 1 is 0.944 bits per heavy atom. The molecule has 3 rings (SSSR count). The molecule has 186 valence electrons. The number of hydrogen-bond donors (Lipinski definition) is 3. The second-order valence-electron chi connectivity index (χ2n) is 7.72. The van der Waals surface area contributed by atoms with Crippen molar-refractivity contribution in [2.45, 2.75) is 13.8 Å². The SMILES string of the molecule is COc1ccc(NC(=O)C(=O)N/N=C\c2cc(Br)ccc2OCC(=O)Nc2cc(C)ccc2C)cc1. The van der Waals surface area contributed by atoms with Crippen LogP contribution in [0.4, 0.5) is 11.4 Å². The van der Waals surface area contributed by atoms with Gasteiger partial charge in [0.25, 0.3) is 5.91 Å². The standard InChI is InChI=1S/C26H25BrN4O5/c1-16-4-5-17(2)22(12-16)30-24(32)15-36-23-11-6-19(27)13-18(23)14-28-31-26(34)25(33)29-20-7-9-21(35-3)10-8-20/h4-14H,15H2,1-3H3,(H,29,33)(H,30,32)(H,31,34)/b28-14-. The van der Waals surface area contributed by atoms with Crippen molar-refractivity contribution in [2.24, 2.45) is 5.10 Å². The molecule has 0 aliphatic rings. The maximum atomic E-state index is 12.4. The molecule has 10 heteroatoms. The number of carbonyl (C=O) groups excluding carboxylic acids is 3. The van der Waals surface area contributed by atoms with E-state index in [-0.39, 0.29) is 12.5 Å². The zero-order valence-electron chi connectivity index (χ0n) is 19.9. The number of nitrogens with one attached hydrogen (secondary N) is 3. The zero-order valence-corrected chi connectivity index (χ0v) is 21.5. The van der Waals surface area contributed by atoms with Gasteiger partial charge in [-0.25, -0.2) is 5.43 Å². The summed E-state index contributed by atoms with van der Waals surface area (Å²) in [5.74, 6) is -1.16. The molecule has 36 heavy (non-hydrogen) atoms. The predicted octanol–water partition coefficient (Wildman–Crippen LogP) is 4.18. The summed E-state index contributed by atoms with van der Waals surface area (Å²) in [6.45, 7) is 3.62. The number of hydrogen-bond acceptors (Lipinski definition) is 6. The third-order valence-electron chi connectivity index (χ3n) is 4.92. The molecule has 3 N–H and O–H groups in total. The number of hydrazone groups is 1. The molecular formula is C26H25BrN4O5. The van der Waals surface area contributed by atoms with Gasteiger partial charge in [-0.1, -0.05) is 28.1 Å². The van der Waals surface area contributed by atoms with Crippen molar-refractivity contribution >= 4 is 51.2 Å². The van der Waals surface area contributed by atoms with Crippen LogP contribution in [0.1, 0.15) is 16.7 Å². The fourth-order valence-corrected chi connectivity index (χ4v) is 3.40. The number of aryl methyl sites for hydroxylation is 2. The van der Waals surface area contributed by atoms with E-state index in [2.05, 4.69) is 37.1 Å². The number of nitrogens with zero attached hydrogens (tertiary/aromatic N) is 1. The summed E-state index contributed by atoms with van der Waals surface area (Å²) in [7, 11) is 1.53. The molecule has 0 unspecified atom stereocenters. The minimum atomic E-state index is -0.951. The molecule has 0 aliphatic carbocycles. The number of ether oxygens (including phenoxy) is 2. The lowest BCUT2D eigenvalue weighted by Crippen LogP contribution is -2.32. The van der Waals surface area contributed by atoms with Crippen LogP contribution >= 0.6 is 15.9 Å². The van der Waals surface area contributed by atoms with E-state index in [1.807, 2.05) is 32.0 Å². The third-order valence-corrected chi connectivity index (χ3v) is 5.41. The minimum Gasteiger partial charge on any atom is -0.497 e. The van der Waals surface area contributed by atoms with E-state index in [4.69, 9.17) is 9.47 Å². The van der Waals surface area contributed by atoms with Gasteiger partial charge >= 0.3 is 11.8 Å². The molecule has 9 nitrogen and oxygen atoms in total. The summed E-state index contributed by atoms with van der Waals surface area (Å²) in [4.78, 5) is 36.6. The van der Waals surface area contributed by atoms with E-state index < -0.39 is 11.8 Å². The van der Waals surface area contributed by atoms with Crippen LogP contribution in [0.25, 0.3) is 0 Å². The van der Waals surface area contributed by atoms with Crippen molar-refractivity contribution in [2.75, 3.05) is 24.4 Å². The van der Waals surface area contributed by atoms with Gasteiger partial charge in [-0.05, 0) is 73.5 Å². The molecule has 0 atom stereocenters. The molecule has 0 aliphatic heterocycles. The van der Waals surface area contributed by atoms with Crippen molar-refractivity contribution in [1.82, 2.24) is 5.43 Å². The Morgan fingerprint density at radius 3 is 2.42 bits per heavy atom. The second kappa shape index (κ2) is 12.5. The molecule has 0 bridgehead atoms. The largest absolute Gasteiger partial charge is 0.497 e. The quantitative estimate of drug-likeness (QED) is 0.220. The van der Waals surface area contributed by atoms with E-state index in [9.17, 15) is 14.4 Å². The van der Waals surface area contributed by atoms with E-state index in [1.165, 1.54) is 13.3 Å². The molecule has 3 aromatic carbocycles. The Bertz CT molecular complexity index is 1290. The normalized spacial score (nSPS) is 10.6. The number of benzene rings is 3. The summed E-state index contributed by atoms with van der Waals surface area (Å²) in [5.41, 5.74) is 5.78. The zero-order chi connectivity index (χ0) is 26.1. The van der Waals surface area contributed by atoms with Gasteiger partial charge in [0, 0.05) is 21.4 Å². The molecule has 0 radical (unpaired) electrons. The molecule has 0 heterocycles. The molecule has 0 aromatic heterocycles. The van der Waals surface area contributed by atoms with E-state index in [0.717, 1.165) is 21.3 Å². The Kier molecular flexibility index (Phi) is 9.18. The minimum absolute atomic E-state index is 0.230. The lowest BCUT2D eigenvalue weighted by atomic mass is 10.1. The van der Waals surface area contributed by atoms with Gasteiger partial charge in [-0.3, -0.25) is 14.4 Å². The van der Waals surface area contributed by atoms with Crippen molar-refractivity contribution < 1.29 is 23.9 Å². The van der Waals surface area contributed by atoms with Crippen LogP contribution in [0.2, 0.25) is 0 Å². The monoisotopic (exact) mass is 552 g/mol. The van der Waals surface area contributed by atoms with Gasteiger partial charge in [-0.15, -0.1) is 0 Å². The number of methoxy groups -OCH3 is 1. The lowest BCUT2D eigenvalue weighted by Gasteiger charge is -2.12. The summed E-state index contributed by atoms with van der Waals surface area (Å²) in [5, 5.41) is 9.14. The van der Waals surface area contributed by atoms with Gasteiger partial charge < -0.3 is 20.1 Å². The van der Waals surface area contributed by atoms with Gasteiger partial charge in [0.2, 0.25) is 0 Å². The topological polar surface area (TPSA) is 118 Å². The number of anilines is 2. The van der Waals surface area contributed by atoms with Gasteiger partial charge in [0.1, 0.15) is 11.5 Å². The fourth-order valence-electron chi connectivity index (χ4n) is 3.03. The first-order valence-corrected chi connectivity index (χ1v) is 11.6. The Morgan fingerprint density at radius 2 is 1.69 bits per heavy atom. The predicted molar refractivity (Wildman–Crippen MR) is 142 cm³/mol. The second-order valence-corrected chi connectivity index (χ2v) is 8.63. The van der Waals surface area contributed by atoms with E-state index >= 15 is 0 Å². The molecule has 3 amide bonds. The summed E-state index contributed by atoms with van der Waals surface area (Å²) in [6, 6.07) is 17.4. The highest BCUT2D eigenvalue weighted by molar-refractivity contribution is 9.10. The van der Waals surface area contributed by atoms with Crippen LogP contribution in [0, 0.1) is 13.8 Å². The maximum absolute atomic E-state index is 12.4. The molecule has 3 aromatic rings. The molecular weight excluding hydrogens is 528 g/mol. The van der Waals surface area contributed by atoms with Crippen LogP contribution in [0.3, 0.4) is 0 Å². The number of rotatable bonds is 8. The van der Waals surface area contributed by atoms with Crippen LogP contribution in [0.15, 0.2) is 70.2 Å². The Hall–Kier alpha value is -4.18. The third kappa shape index (κ3) is 7.67. The van der Waals surface area contributed by atoms with Gasteiger partial charge in [-0.2, -0.15) is 5.10 Å². The highest BCUT2D eigenvalue weighted by Gasteiger charge is 2.13. The van der Waals surface area contributed by atoms with Gasteiger partial charge in [0.05, 0.1) is 13.3 Å². The molecule has 0 spiro atoms. The Labute approximate surface area is 217 Å². The first kappa shape index (κ1) is 26.4. The number of halogens is 1. The van der Waals surface area contributed by atoms with Crippen molar-refractivity contribution in [1.29, 1.82) is 0 Å². The maximum Gasteiger partial charge on any atom is 0.329 e. The van der Waals surface area contributed by atoms with Crippen LogP contribution in [-0.4, -0.2) is 37.7 Å². The fraction of sp³-hybridized carbons (Fsp3) is 0.154. The summed E-state index contributed by atoms with van der Waals surface area (Å²) < 4.78 is 11.5. The average Bonchev–Trinajstić information content (AvgIpc) is 2.86. The summed E-state index contributed by atoms with van der Waals surface area (Å²) >= 11 is 3.37. The van der Waals surface area contributed by atoms with Crippen molar-refractivity contribution in [3.8, 4) is 11.5 Å². The number of amides is 3. The van der Waals surface area contributed by atoms with Crippen molar-refractivity contribution in [3.05, 3.63) is 81.8 Å². The Balaban J connectivity index is 1.57. The van der Waals surface area contributed by atoms with Crippen LogP contribution < -0.4 is 25.5 Å². The summed E-state index contributed by atoms with van der Waals surface area (Å²) in [6.07, 6.45) is 1.32. The molecule has 0 saturated carbocycles. The first-order valence-electron chi connectivity index (χ1n) is 10.8. The highest BCUT2D eigenvalue weighted by atomic mass is 79.9. The lowest BCUT2D eigenvalue weighted by molar-refractivity contribution is -0.136. The van der Waals surface area contributed by atoms with Crippen molar-refractivity contribution in [3.63, 3.8) is 0 Å². The van der Waals surface area contributed by atoms with Crippen LogP contribution in [0.5, 0.6) is 11.5 Å².